The summed E-state index contributed by atoms with van der Waals surface area (Å²) in [4.78, 5) is 4.23. The number of hydrogen-bond acceptors (Lipinski definition) is 3. The zero-order valence-electron chi connectivity index (χ0n) is 10.1. The third-order valence-electron chi connectivity index (χ3n) is 2.70. The van der Waals surface area contributed by atoms with Crippen LogP contribution >= 0.6 is 15.9 Å². The van der Waals surface area contributed by atoms with Gasteiger partial charge < -0.3 is 14.4 Å². The smallest absolute Gasteiger partial charge is 0.119 e. The summed E-state index contributed by atoms with van der Waals surface area (Å²) in [6.45, 7) is 0.564. The fourth-order valence-corrected chi connectivity index (χ4v) is 2.03. The summed E-state index contributed by atoms with van der Waals surface area (Å²) in [5.74, 6) is 1.76. The summed E-state index contributed by atoms with van der Waals surface area (Å²) >= 11 is 3.37. The Morgan fingerprint density at radius 2 is 2.28 bits per heavy atom. The highest BCUT2D eigenvalue weighted by Crippen LogP contribution is 2.22. The lowest BCUT2D eigenvalue weighted by Crippen LogP contribution is -2.06. The van der Waals surface area contributed by atoms with Gasteiger partial charge in [0.1, 0.15) is 11.6 Å². The molecule has 0 spiro atoms. The van der Waals surface area contributed by atoms with E-state index >= 15 is 0 Å². The number of halogens is 1. The number of aliphatic hydroxyl groups excluding tert-OH is 1. The molecule has 2 rings (SSSR count). The second-order valence-electron chi connectivity index (χ2n) is 3.96. The Hall–Kier alpha value is -1.33. The molecule has 0 unspecified atom stereocenters. The SMILES string of the molecule is Cn1ccnc1CCOc1ccc(Br)c(CO)c1. The minimum atomic E-state index is -0.00283. The van der Waals surface area contributed by atoms with Crippen molar-refractivity contribution >= 4 is 15.9 Å². The maximum absolute atomic E-state index is 9.16. The van der Waals surface area contributed by atoms with E-state index in [-0.39, 0.29) is 6.61 Å². The van der Waals surface area contributed by atoms with Gasteiger partial charge in [0.05, 0.1) is 13.2 Å². The minimum absolute atomic E-state index is 0.00283. The molecule has 0 aliphatic heterocycles. The van der Waals surface area contributed by atoms with Crippen LogP contribution < -0.4 is 4.74 Å². The van der Waals surface area contributed by atoms with E-state index in [9.17, 15) is 0 Å². The van der Waals surface area contributed by atoms with Crippen LogP contribution in [0, 0.1) is 0 Å². The number of imidazole rings is 1. The van der Waals surface area contributed by atoms with Gasteiger partial charge in [-0.2, -0.15) is 0 Å². The molecular formula is C13H15BrN2O2. The minimum Gasteiger partial charge on any atom is -0.493 e. The summed E-state index contributed by atoms with van der Waals surface area (Å²) in [5.41, 5.74) is 0.824. The Morgan fingerprint density at radius 1 is 1.44 bits per heavy atom. The second-order valence-corrected chi connectivity index (χ2v) is 4.82. The first kappa shape index (κ1) is 13.1. The van der Waals surface area contributed by atoms with Gasteiger partial charge in [-0.1, -0.05) is 15.9 Å². The number of aliphatic hydroxyl groups is 1. The van der Waals surface area contributed by atoms with E-state index in [1.165, 1.54) is 0 Å². The summed E-state index contributed by atoms with van der Waals surface area (Å²) in [5, 5.41) is 9.16. The van der Waals surface area contributed by atoms with Crippen molar-refractivity contribution in [1.82, 2.24) is 9.55 Å². The zero-order chi connectivity index (χ0) is 13.0. The maximum Gasteiger partial charge on any atom is 0.119 e. The maximum atomic E-state index is 9.16. The van der Waals surface area contributed by atoms with Crippen LogP contribution in [0.4, 0.5) is 0 Å². The number of aromatic nitrogens is 2. The molecule has 0 bridgehead atoms. The topological polar surface area (TPSA) is 47.3 Å². The summed E-state index contributed by atoms with van der Waals surface area (Å²) in [7, 11) is 1.96. The van der Waals surface area contributed by atoms with Gasteiger partial charge in [-0.3, -0.25) is 0 Å². The number of rotatable bonds is 5. The first-order chi connectivity index (χ1) is 8.70. The van der Waals surface area contributed by atoms with Gasteiger partial charge in [-0.15, -0.1) is 0 Å². The summed E-state index contributed by atoms with van der Waals surface area (Å²) < 4.78 is 8.51. The molecule has 18 heavy (non-hydrogen) atoms. The van der Waals surface area contributed by atoms with Crippen LogP contribution in [0.3, 0.4) is 0 Å². The standard InChI is InChI=1S/C13H15BrN2O2/c1-16-6-5-15-13(16)4-7-18-11-2-3-12(14)10(8-11)9-17/h2-3,5-6,8,17H,4,7,9H2,1H3. The van der Waals surface area contributed by atoms with E-state index in [4.69, 9.17) is 9.84 Å². The highest BCUT2D eigenvalue weighted by molar-refractivity contribution is 9.10. The average Bonchev–Trinajstić information content (AvgIpc) is 2.77. The van der Waals surface area contributed by atoms with E-state index in [1.54, 1.807) is 6.20 Å². The third-order valence-corrected chi connectivity index (χ3v) is 3.48. The summed E-state index contributed by atoms with van der Waals surface area (Å²) in [6, 6.07) is 5.59. The lowest BCUT2D eigenvalue weighted by Gasteiger charge is -2.08. The predicted octanol–water partition coefficient (Wildman–Crippen LogP) is 2.30. The molecule has 1 N–H and O–H groups in total. The van der Waals surface area contributed by atoms with Gasteiger partial charge in [0.25, 0.3) is 0 Å². The Morgan fingerprint density at radius 3 is 2.94 bits per heavy atom. The zero-order valence-corrected chi connectivity index (χ0v) is 11.7. The highest BCUT2D eigenvalue weighted by Gasteiger charge is 2.03. The van der Waals surface area contributed by atoms with E-state index in [1.807, 2.05) is 36.0 Å². The number of nitrogens with zero attached hydrogens (tertiary/aromatic N) is 2. The van der Waals surface area contributed by atoms with Crippen LogP contribution in [0.15, 0.2) is 35.1 Å². The lowest BCUT2D eigenvalue weighted by molar-refractivity contribution is 0.278. The third kappa shape index (κ3) is 3.11. The molecule has 1 aromatic carbocycles. The molecule has 0 fully saturated rings. The molecule has 0 radical (unpaired) electrons. The molecule has 0 aliphatic carbocycles. The number of benzene rings is 1. The largest absolute Gasteiger partial charge is 0.493 e. The Kier molecular flexibility index (Phi) is 4.38. The average molecular weight is 311 g/mol. The van der Waals surface area contributed by atoms with Crippen molar-refractivity contribution in [3.8, 4) is 5.75 Å². The molecular weight excluding hydrogens is 296 g/mol. The first-order valence-corrected chi connectivity index (χ1v) is 6.48. The van der Waals surface area contributed by atoms with E-state index in [0.29, 0.717) is 6.61 Å². The molecule has 4 nitrogen and oxygen atoms in total. The lowest BCUT2D eigenvalue weighted by atomic mass is 10.2. The predicted molar refractivity (Wildman–Crippen MR) is 72.5 cm³/mol. The van der Waals surface area contributed by atoms with E-state index < -0.39 is 0 Å². The van der Waals surface area contributed by atoms with Crippen molar-refractivity contribution in [2.24, 2.45) is 7.05 Å². The van der Waals surface area contributed by atoms with Crippen LogP contribution in [0.2, 0.25) is 0 Å². The van der Waals surface area contributed by atoms with Crippen LogP contribution in [0.5, 0.6) is 5.75 Å². The van der Waals surface area contributed by atoms with Crippen molar-refractivity contribution in [1.29, 1.82) is 0 Å². The molecule has 5 heteroatoms. The molecule has 96 valence electrons. The number of hydrogen-bond donors (Lipinski definition) is 1. The molecule has 0 amide bonds. The molecule has 2 aromatic rings. The van der Waals surface area contributed by atoms with Crippen LogP contribution in [-0.4, -0.2) is 21.3 Å². The van der Waals surface area contributed by atoms with E-state index in [0.717, 1.165) is 28.0 Å². The van der Waals surface area contributed by atoms with Gasteiger partial charge in [0.2, 0.25) is 0 Å². The van der Waals surface area contributed by atoms with Crippen molar-refractivity contribution in [3.05, 3.63) is 46.5 Å². The van der Waals surface area contributed by atoms with Crippen LogP contribution in [-0.2, 0) is 20.1 Å². The van der Waals surface area contributed by atoms with Crippen molar-refractivity contribution in [2.45, 2.75) is 13.0 Å². The fourth-order valence-electron chi connectivity index (χ4n) is 1.66. The fraction of sp³-hybridized carbons (Fsp3) is 0.308. The molecule has 0 saturated heterocycles. The Bertz CT molecular complexity index is 525. The number of ether oxygens (including phenoxy) is 1. The number of aryl methyl sites for hydroxylation is 1. The molecule has 0 aliphatic rings. The van der Waals surface area contributed by atoms with Crippen molar-refractivity contribution in [3.63, 3.8) is 0 Å². The van der Waals surface area contributed by atoms with Crippen LogP contribution in [0.25, 0.3) is 0 Å². The molecule has 0 saturated carbocycles. The first-order valence-electron chi connectivity index (χ1n) is 5.69. The molecule has 0 atom stereocenters. The second kappa shape index (κ2) is 6.02. The van der Waals surface area contributed by atoms with Crippen molar-refractivity contribution < 1.29 is 9.84 Å². The Labute approximate surface area is 114 Å². The van der Waals surface area contributed by atoms with Gasteiger partial charge in [0, 0.05) is 30.3 Å². The highest BCUT2D eigenvalue weighted by atomic mass is 79.9. The monoisotopic (exact) mass is 310 g/mol. The normalized spacial score (nSPS) is 10.6. The molecule has 1 heterocycles. The van der Waals surface area contributed by atoms with Gasteiger partial charge in [-0.05, 0) is 23.8 Å². The summed E-state index contributed by atoms with van der Waals surface area (Å²) in [6.07, 6.45) is 4.45. The van der Waals surface area contributed by atoms with Gasteiger partial charge >= 0.3 is 0 Å². The van der Waals surface area contributed by atoms with Gasteiger partial charge in [0.15, 0.2) is 0 Å². The van der Waals surface area contributed by atoms with Crippen molar-refractivity contribution in [2.75, 3.05) is 6.61 Å². The van der Waals surface area contributed by atoms with Gasteiger partial charge in [-0.25, -0.2) is 4.98 Å². The van der Waals surface area contributed by atoms with E-state index in [2.05, 4.69) is 20.9 Å². The van der Waals surface area contributed by atoms with Crippen LogP contribution in [0.1, 0.15) is 11.4 Å². The Balaban J connectivity index is 1.92. The molecule has 1 aromatic heterocycles. The quantitative estimate of drug-likeness (QED) is 0.922.